The summed E-state index contributed by atoms with van der Waals surface area (Å²) in [6.07, 6.45) is 3.33. The Morgan fingerprint density at radius 1 is 0.913 bits per heavy atom. The van der Waals surface area contributed by atoms with Crippen molar-refractivity contribution >= 4 is 23.4 Å². The Morgan fingerprint density at radius 2 is 1.61 bits per heavy atom. The molecule has 3 rings (SSSR count). The van der Waals surface area contributed by atoms with Crippen LogP contribution < -0.4 is 5.32 Å². The summed E-state index contributed by atoms with van der Waals surface area (Å²) in [6.45, 7) is 0. The van der Waals surface area contributed by atoms with Gasteiger partial charge in [-0.3, -0.25) is 4.79 Å². The van der Waals surface area contributed by atoms with Crippen LogP contribution in [0.5, 0.6) is 0 Å². The van der Waals surface area contributed by atoms with E-state index in [1.165, 1.54) is 11.8 Å². The van der Waals surface area contributed by atoms with Gasteiger partial charge in [-0.25, -0.2) is 9.97 Å². The van der Waals surface area contributed by atoms with Crippen molar-refractivity contribution in [3.8, 4) is 11.1 Å². The molecule has 3 aromatic rings. The molecule has 4 nitrogen and oxygen atoms in total. The highest BCUT2D eigenvalue weighted by Crippen LogP contribution is 2.27. The molecular weight excluding hydrogens is 306 g/mol. The van der Waals surface area contributed by atoms with Crippen molar-refractivity contribution in [3.63, 3.8) is 0 Å². The molecule has 0 aliphatic rings. The summed E-state index contributed by atoms with van der Waals surface area (Å²) in [6, 6.07) is 19.5. The minimum Gasteiger partial charge on any atom is -0.325 e. The maximum atomic E-state index is 12.2. The molecule has 1 heterocycles. The normalized spacial score (nSPS) is 10.3. The second-order valence-electron chi connectivity index (χ2n) is 4.78. The fourth-order valence-electron chi connectivity index (χ4n) is 2.14. The van der Waals surface area contributed by atoms with Crippen LogP contribution in [-0.2, 0) is 4.79 Å². The van der Waals surface area contributed by atoms with Crippen LogP contribution in [-0.4, -0.2) is 21.6 Å². The number of benzene rings is 2. The van der Waals surface area contributed by atoms with Gasteiger partial charge in [-0.05, 0) is 17.7 Å². The molecule has 2 aromatic carbocycles. The minimum atomic E-state index is -0.0779. The largest absolute Gasteiger partial charge is 0.325 e. The van der Waals surface area contributed by atoms with Crippen LogP contribution in [0.4, 0.5) is 5.69 Å². The first kappa shape index (κ1) is 15.2. The Bertz CT molecular complexity index is 779. The summed E-state index contributed by atoms with van der Waals surface area (Å²) in [5, 5.41) is 3.56. The highest BCUT2D eigenvalue weighted by Gasteiger charge is 2.09. The fraction of sp³-hybridized carbons (Fsp3) is 0.0556. The average molecular weight is 321 g/mol. The minimum absolute atomic E-state index is 0.0779. The Morgan fingerprint density at radius 3 is 2.39 bits per heavy atom. The Hall–Kier alpha value is -2.66. The molecule has 23 heavy (non-hydrogen) atoms. The lowest BCUT2D eigenvalue weighted by Gasteiger charge is -2.11. The van der Waals surface area contributed by atoms with Gasteiger partial charge in [0.15, 0.2) is 5.16 Å². The van der Waals surface area contributed by atoms with E-state index in [1.807, 2.05) is 54.6 Å². The molecule has 1 aromatic heterocycles. The number of nitrogens with one attached hydrogen (secondary N) is 1. The molecule has 1 amide bonds. The van der Waals surface area contributed by atoms with Gasteiger partial charge in [-0.15, -0.1) is 0 Å². The molecule has 5 heteroatoms. The molecular formula is C18H15N3OS. The molecule has 0 bridgehead atoms. The third kappa shape index (κ3) is 4.17. The second kappa shape index (κ2) is 7.56. The number of amides is 1. The summed E-state index contributed by atoms with van der Waals surface area (Å²) < 4.78 is 0. The van der Waals surface area contributed by atoms with Crippen molar-refractivity contribution in [3.05, 3.63) is 73.1 Å². The van der Waals surface area contributed by atoms with Crippen molar-refractivity contribution in [1.29, 1.82) is 0 Å². The van der Waals surface area contributed by atoms with Crippen molar-refractivity contribution in [2.75, 3.05) is 11.1 Å². The number of hydrogen-bond acceptors (Lipinski definition) is 4. The zero-order chi connectivity index (χ0) is 15.9. The lowest BCUT2D eigenvalue weighted by atomic mass is 10.0. The van der Waals surface area contributed by atoms with Gasteiger partial charge in [0.25, 0.3) is 0 Å². The van der Waals surface area contributed by atoms with E-state index >= 15 is 0 Å². The zero-order valence-electron chi connectivity index (χ0n) is 12.3. The third-order valence-electron chi connectivity index (χ3n) is 3.16. The molecule has 0 fully saturated rings. The van der Waals surface area contributed by atoms with Gasteiger partial charge in [0.05, 0.1) is 5.75 Å². The monoisotopic (exact) mass is 321 g/mol. The quantitative estimate of drug-likeness (QED) is 0.572. The second-order valence-corrected chi connectivity index (χ2v) is 5.72. The highest BCUT2D eigenvalue weighted by atomic mass is 32.2. The molecule has 0 saturated carbocycles. The van der Waals surface area contributed by atoms with E-state index in [0.717, 1.165) is 16.8 Å². The number of para-hydroxylation sites is 1. The number of rotatable bonds is 5. The lowest BCUT2D eigenvalue weighted by Crippen LogP contribution is -2.14. The number of nitrogens with zero attached hydrogens (tertiary/aromatic N) is 2. The standard InChI is InChI=1S/C18H15N3OS/c22-17(13-23-18-19-11-6-12-20-18)21-16-10-5-4-9-15(16)14-7-2-1-3-8-14/h1-12H,13H2,(H,21,22). The number of carbonyl (C=O) groups is 1. The predicted molar refractivity (Wildman–Crippen MR) is 93.3 cm³/mol. The van der Waals surface area contributed by atoms with Crippen LogP contribution in [0.3, 0.4) is 0 Å². The van der Waals surface area contributed by atoms with Crippen LogP contribution >= 0.6 is 11.8 Å². The van der Waals surface area contributed by atoms with Crippen molar-refractivity contribution in [2.24, 2.45) is 0 Å². The molecule has 114 valence electrons. The first-order chi connectivity index (χ1) is 11.3. The van der Waals surface area contributed by atoms with E-state index in [9.17, 15) is 4.79 Å². The molecule has 1 N–H and O–H groups in total. The zero-order valence-corrected chi connectivity index (χ0v) is 13.2. The summed E-state index contributed by atoms with van der Waals surface area (Å²) in [5.41, 5.74) is 2.88. The van der Waals surface area contributed by atoms with E-state index in [4.69, 9.17) is 0 Å². The number of carbonyl (C=O) groups excluding carboxylic acids is 1. The molecule has 0 atom stereocenters. The molecule has 0 spiro atoms. The van der Waals surface area contributed by atoms with E-state index in [2.05, 4.69) is 15.3 Å². The number of anilines is 1. The van der Waals surface area contributed by atoms with Crippen molar-refractivity contribution < 1.29 is 4.79 Å². The summed E-state index contributed by atoms with van der Waals surface area (Å²) in [5.74, 6) is 0.193. The van der Waals surface area contributed by atoms with E-state index in [0.29, 0.717) is 5.16 Å². The molecule has 0 aliphatic carbocycles. The fourth-order valence-corrected chi connectivity index (χ4v) is 2.74. The van der Waals surface area contributed by atoms with Gasteiger partial charge in [0.1, 0.15) is 0 Å². The van der Waals surface area contributed by atoms with Gasteiger partial charge in [-0.2, -0.15) is 0 Å². The van der Waals surface area contributed by atoms with Crippen molar-refractivity contribution in [1.82, 2.24) is 9.97 Å². The van der Waals surface area contributed by atoms with E-state index < -0.39 is 0 Å². The van der Waals surface area contributed by atoms with Crippen LogP contribution in [0.25, 0.3) is 11.1 Å². The average Bonchev–Trinajstić information content (AvgIpc) is 2.62. The van der Waals surface area contributed by atoms with Crippen LogP contribution in [0, 0.1) is 0 Å². The molecule has 0 saturated heterocycles. The first-order valence-electron chi connectivity index (χ1n) is 7.17. The van der Waals surface area contributed by atoms with E-state index in [1.54, 1.807) is 18.5 Å². The SMILES string of the molecule is O=C(CSc1ncccn1)Nc1ccccc1-c1ccccc1. The topological polar surface area (TPSA) is 54.9 Å². The summed E-state index contributed by atoms with van der Waals surface area (Å²) >= 11 is 1.32. The Labute approximate surface area is 139 Å². The van der Waals surface area contributed by atoms with Gasteiger partial charge >= 0.3 is 0 Å². The van der Waals surface area contributed by atoms with Gasteiger partial charge < -0.3 is 5.32 Å². The van der Waals surface area contributed by atoms with Crippen molar-refractivity contribution in [2.45, 2.75) is 5.16 Å². The maximum Gasteiger partial charge on any atom is 0.234 e. The Balaban J connectivity index is 1.69. The van der Waals surface area contributed by atoms with Crippen LogP contribution in [0.2, 0.25) is 0 Å². The molecule has 0 aliphatic heterocycles. The lowest BCUT2D eigenvalue weighted by molar-refractivity contribution is -0.113. The summed E-state index contributed by atoms with van der Waals surface area (Å²) in [7, 11) is 0. The van der Waals surface area contributed by atoms with Crippen LogP contribution in [0.1, 0.15) is 0 Å². The molecule has 0 unspecified atom stereocenters. The number of hydrogen-bond donors (Lipinski definition) is 1. The van der Waals surface area contributed by atoms with Gasteiger partial charge in [0, 0.05) is 23.6 Å². The van der Waals surface area contributed by atoms with Gasteiger partial charge in [0.2, 0.25) is 5.91 Å². The summed E-state index contributed by atoms with van der Waals surface area (Å²) in [4.78, 5) is 20.4. The van der Waals surface area contributed by atoms with E-state index in [-0.39, 0.29) is 11.7 Å². The maximum absolute atomic E-state index is 12.2. The highest BCUT2D eigenvalue weighted by molar-refractivity contribution is 7.99. The van der Waals surface area contributed by atoms with Gasteiger partial charge in [-0.1, -0.05) is 60.3 Å². The first-order valence-corrected chi connectivity index (χ1v) is 8.15. The Kier molecular flexibility index (Phi) is 5.01. The predicted octanol–water partition coefficient (Wildman–Crippen LogP) is 3.87. The smallest absolute Gasteiger partial charge is 0.234 e. The van der Waals surface area contributed by atoms with Crippen LogP contribution in [0.15, 0.2) is 78.2 Å². The molecule has 0 radical (unpaired) electrons. The number of aromatic nitrogens is 2. The third-order valence-corrected chi connectivity index (χ3v) is 4.04. The number of thioether (sulfide) groups is 1.